The minimum absolute atomic E-state index is 0.0293. The molecule has 1 atom stereocenters. The third-order valence-corrected chi connectivity index (χ3v) is 4.06. The fraction of sp³-hybridized carbons (Fsp3) is 0.308. The molecule has 1 aromatic heterocycles. The summed E-state index contributed by atoms with van der Waals surface area (Å²) >= 11 is 7.05. The first kappa shape index (κ1) is 13.8. The number of hydrogen-bond acceptors (Lipinski definition) is 2. The summed E-state index contributed by atoms with van der Waals surface area (Å²) in [6.45, 7) is 4.22. The Balaban J connectivity index is 2.52. The number of aromatic nitrogens is 2. The van der Waals surface area contributed by atoms with Crippen LogP contribution >= 0.6 is 31.9 Å². The summed E-state index contributed by atoms with van der Waals surface area (Å²) < 4.78 is 4.07. The summed E-state index contributed by atoms with van der Waals surface area (Å²) in [5.41, 5.74) is 8.27. The number of benzene rings is 1. The zero-order valence-electron chi connectivity index (χ0n) is 10.3. The lowest BCUT2D eigenvalue weighted by molar-refractivity contribution is 0.497. The number of nitrogens with two attached hydrogens (primary N) is 1. The number of imidazole rings is 1. The van der Waals surface area contributed by atoms with Gasteiger partial charge in [-0.15, -0.1) is 0 Å². The van der Waals surface area contributed by atoms with Crippen molar-refractivity contribution in [2.75, 3.05) is 0 Å². The molecule has 18 heavy (non-hydrogen) atoms. The Kier molecular flexibility index (Phi) is 4.25. The van der Waals surface area contributed by atoms with Crippen LogP contribution < -0.4 is 5.73 Å². The topological polar surface area (TPSA) is 43.8 Å². The summed E-state index contributed by atoms with van der Waals surface area (Å²) in [5, 5.41) is 0. The number of hydrogen-bond donors (Lipinski definition) is 1. The van der Waals surface area contributed by atoms with Gasteiger partial charge in [0.15, 0.2) is 0 Å². The SMILES string of the molecule is CC(C)C(N)c1cncn1-c1cc(Br)ccc1Br. The summed E-state index contributed by atoms with van der Waals surface area (Å²) in [7, 11) is 0. The molecule has 1 heterocycles. The molecule has 1 unspecified atom stereocenters. The predicted molar refractivity (Wildman–Crippen MR) is 80.7 cm³/mol. The molecule has 2 N–H and O–H groups in total. The minimum Gasteiger partial charge on any atom is -0.322 e. The molecule has 1 aromatic carbocycles. The number of rotatable bonds is 3. The smallest absolute Gasteiger partial charge is 0.0995 e. The molecule has 0 saturated heterocycles. The predicted octanol–water partition coefficient (Wildman–Crippen LogP) is 4.05. The van der Waals surface area contributed by atoms with Gasteiger partial charge in [-0.2, -0.15) is 0 Å². The van der Waals surface area contributed by atoms with Gasteiger partial charge in [0.05, 0.1) is 23.9 Å². The molecular formula is C13H15Br2N3. The molecule has 0 fully saturated rings. The molecule has 3 nitrogen and oxygen atoms in total. The van der Waals surface area contributed by atoms with E-state index in [0.29, 0.717) is 5.92 Å². The monoisotopic (exact) mass is 371 g/mol. The van der Waals surface area contributed by atoms with E-state index in [2.05, 4.69) is 50.7 Å². The molecule has 96 valence electrons. The highest BCUT2D eigenvalue weighted by molar-refractivity contribution is 9.11. The molecule has 0 aliphatic rings. The fourth-order valence-corrected chi connectivity index (χ4v) is 2.55. The Morgan fingerprint density at radius 2 is 2.00 bits per heavy atom. The highest BCUT2D eigenvalue weighted by atomic mass is 79.9. The van der Waals surface area contributed by atoms with E-state index < -0.39 is 0 Å². The Labute approximate surface area is 124 Å². The van der Waals surface area contributed by atoms with Crippen molar-refractivity contribution in [2.45, 2.75) is 19.9 Å². The lowest BCUT2D eigenvalue weighted by atomic mass is 10.0. The minimum atomic E-state index is -0.0293. The molecule has 5 heteroatoms. The first-order valence-corrected chi connectivity index (χ1v) is 7.32. The van der Waals surface area contributed by atoms with Crippen LogP contribution in [0.15, 0.2) is 39.7 Å². The van der Waals surface area contributed by atoms with Gasteiger partial charge in [-0.05, 0) is 40.0 Å². The molecule has 0 spiro atoms. The van der Waals surface area contributed by atoms with Crippen LogP contribution in [0.2, 0.25) is 0 Å². The van der Waals surface area contributed by atoms with E-state index in [4.69, 9.17) is 5.73 Å². The summed E-state index contributed by atoms with van der Waals surface area (Å²) in [6.07, 6.45) is 3.63. The molecule has 0 amide bonds. The van der Waals surface area contributed by atoms with Crippen molar-refractivity contribution in [1.29, 1.82) is 0 Å². The standard InChI is InChI=1S/C13H15Br2N3/c1-8(2)13(16)12-6-17-7-18(12)11-5-9(14)3-4-10(11)15/h3-8,13H,16H2,1-2H3. The molecule has 0 saturated carbocycles. The highest BCUT2D eigenvalue weighted by Gasteiger charge is 2.17. The quantitative estimate of drug-likeness (QED) is 0.882. The van der Waals surface area contributed by atoms with Crippen LogP contribution in [0, 0.1) is 5.92 Å². The van der Waals surface area contributed by atoms with Crippen LogP contribution in [0.25, 0.3) is 5.69 Å². The van der Waals surface area contributed by atoms with E-state index in [1.165, 1.54) is 0 Å². The van der Waals surface area contributed by atoms with E-state index >= 15 is 0 Å². The maximum absolute atomic E-state index is 6.22. The molecular weight excluding hydrogens is 358 g/mol. The average molecular weight is 373 g/mol. The van der Waals surface area contributed by atoms with E-state index in [1.54, 1.807) is 6.33 Å². The lowest BCUT2D eigenvalue weighted by Gasteiger charge is -2.18. The zero-order valence-corrected chi connectivity index (χ0v) is 13.4. The summed E-state index contributed by atoms with van der Waals surface area (Å²) in [6, 6.07) is 6.01. The largest absolute Gasteiger partial charge is 0.322 e. The second kappa shape index (κ2) is 5.55. The van der Waals surface area contributed by atoms with Gasteiger partial charge in [0.2, 0.25) is 0 Å². The Bertz CT molecular complexity index is 549. The van der Waals surface area contributed by atoms with Gasteiger partial charge in [0.1, 0.15) is 0 Å². The maximum Gasteiger partial charge on any atom is 0.0995 e. The van der Waals surface area contributed by atoms with Gasteiger partial charge in [0, 0.05) is 15.0 Å². The number of nitrogens with zero attached hydrogens (tertiary/aromatic N) is 2. The van der Waals surface area contributed by atoms with Crippen LogP contribution in [0.4, 0.5) is 0 Å². The van der Waals surface area contributed by atoms with Gasteiger partial charge < -0.3 is 10.3 Å². The zero-order chi connectivity index (χ0) is 13.3. The Morgan fingerprint density at radius 3 is 2.67 bits per heavy atom. The van der Waals surface area contributed by atoms with Gasteiger partial charge in [-0.1, -0.05) is 29.8 Å². The van der Waals surface area contributed by atoms with Crippen LogP contribution in [-0.2, 0) is 0 Å². The average Bonchev–Trinajstić information content (AvgIpc) is 2.80. The first-order valence-electron chi connectivity index (χ1n) is 5.74. The van der Waals surface area contributed by atoms with Gasteiger partial charge in [-0.25, -0.2) is 4.98 Å². The highest BCUT2D eigenvalue weighted by Crippen LogP contribution is 2.28. The van der Waals surface area contributed by atoms with Crippen molar-refractivity contribution in [2.24, 2.45) is 11.7 Å². The molecule has 0 aliphatic carbocycles. The van der Waals surface area contributed by atoms with Crippen molar-refractivity contribution in [3.8, 4) is 5.69 Å². The third kappa shape index (κ3) is 2.68. The van der Waals surface area contributed by atoms with Crippen molar-refractivity contribution < 1.29 is 0 Å². The van der Waals surface area contributed by atoms with Crippen molar-refractivity contribution in [1.82, 2.24) is 9.55 Å². The molecule has 2 aromatic rings. The second-order valence-corrected chi connectivity index (χ2v) is 6.32. The molecule has 2 rings (SSSR count). The van der Waals surface area contributed by atoms with E-state index in [1.807, 2.05) is 29.0 Å². The van der Waals surface area contributed by atoms with Crippen LogP contribution in [0.1, 0.15) is 25.6 Å². The van der Waals surface area contributed by atoms with Gasteiger partial charge in [-0.3, -0.25) is 0 Å². The lowest BCUT2D eigenvalue weighted by Crippen LogP contribution is -2.20. The molecule has 0 aliphatic heterocycles. The Hall–Kier alpha value is -0.650. The Morgan fingerprint density at radius 1 is 1.28 bits per heavy atom. The number of halogens is 2. The van der Waals surface area contributed by atoms with Crippen molar-refractivity contribution in [3.05, 3.63) is 45.4 Å². The molecule has 0 bridgehead atoms. The van der Waals surface area contributed by atoms with Crippen LogP contribution in [0.5, 0.6) is 0 Å². The first-order chi connectivity index (χ1) is 8.50. The fourth-order valence-electron chi connectivity index (χ4n) is 1.77. The summed E-state index contributed by atoms with van der Waals surface area (Å²) in [5.74, 6) is 0.367. The van der Waals surface area contributed by atoms with Gasteiger partial charge in [0.25, 0.3) is 0 Å². The van der Waals surface area contributed by atoms with Crippen molar-refractivity contribution in [3.63, 3.8) is 0 Å². The van der Waals surface area contributed by atoms with E-state index in [9.17, 15) is 0 Å². The maximum atomic E-state index is 6.22. The normalized spacial score (nSPS) is 13.0. The van der Waals surface area contributed by atoms with Crippen LogP contribution in [-0.4, -0.2) is 9.55 Å². The van der Waals surface area contributed by atoms with E-state index in [0.717, 1.165) is 20.3 Å². The molecule has 0 radical (unpaired) electrons. The van der Waals surface area contributed by atoms with Crippen LogP contribution in [0.3, 0.4) is 0 Å². The summed E-state index contributed by atoms with van der Waals surface area (Å²) in [4.78, 5) is 4.22. The van der Waals surface area contributed by atoms with Gasteiger partial charge >= 0.3 is 0 Å². The van der Waals surface area contributed by atoms with Crippen molar-refractivity contribution >= 4 is 31.9 Å². The second-order valence-electron chi connectivity index (χ2n) is 4.55. The van der Waals surface area contributed by atoms with E-state index in [-0.39, 0.29) is 6.04 Å². The third-order valence-electron chi connectivity index (χ3n) is 2.89.